The van der Waals surface area contributed by atoms with E-state index in [1.165, 1.54) is 25.7 Å². The molecule has 1 aromatic carbocycles. The molecule has 1 N–H and O–H groups in total. The lowest BCUT2D eigenvalue weighted by molar-refractivity contribution is 0.187. The number of halogens is 1. The van der Waals surface area contributed by atoms with Crippen LogP contribution >= 0.6 is 0 Å². The highest BCUT2D eigenvalue weighted by Crippen LogP contribution is 2.31. The molecule has 3 rings (SSSR count). The quantitative estimate of drug-likeness (QED) is 0.822. The predicted octanol–water partition coefficient (Wildman–Crippen LogP) is 2.85. The van der Waals surface area contributed by atoms with Crippen molar-refractivity contribution in [1.82, 2.24) is 10.2 Å². The summed E-state index contributed by atoms with van der Waals surface area (Å²) in [6.07, 6.45) is 5.14. The first-order valence-corrected chi connectivity index (χ1v) is 7.08. The molecule has 2 aliphatic rings. The summed E-state index contributed by atoms with van der Waals surface area (Å²) in [5.74, 6) is -0.0248. The Labute approximate surface area is 108 Å². The molecule has 0 amide bonds. The van der Waals surface area contributed by atoms with Crippen LogP contribution in [0.3, 0.4) is 0 Å². The summed E-state index contributed by atoms with van der Waals surface area (Å²) in [6, 6.07) is 5.71. The van der Waals surface area contributed by atoms with E-state index in [0.717, 1.165) is 37.3 Å². The number of nitrogens with one attached hydrogen (secondary N) is 1. The van der Waals surface area contributed by atoms with E-state index in [2.05, 4.69) is 16.3 Å². The highest BCUT2D eigenvalue weighted by molar-refractivity contribution is 5.33. The van der Waals surface area contributed by atoms with Gasteiger partial charge in [-0.05, 0) is 37.6 Å². The minimum atomic E-state index is -0.0248. The highest BCUT2D eigenvalue weighted by Gasteiger charge is 2.28. The van der Waals surface area contributed by atoms with E-state index in [-0.39, 0.29) is 11.9 Å². The van der Waals surface area contributed by atoms with Crippen LogP contribution in [0.1, 0.15) is 42.9 Å². The fraction of sp³-hybridized carbons (Fsp3) is 0.600. The summed E-state index contributed by atoms with van der Waals surface area (Å²) in [5, 5.41) is 3.43. The van der Waals surface area contributed by atoms with Gasteiger partial charge >= 0.3 is 0 Å². The van der Waals surface area contributed by atoms with Crippen molar-refractivity contribution in [1.29, 1.82) is 0 Å². The lowest BCUT2D eigenvalue weighted by Gasteiger charge is -2.35. The van der Waals surface area contributed by atoms with Gasteiger partial charge < -0.3 is 5.32 Å². The second-order valence-corrected chi connectivity index (χ2v) is 5.41. The number of hydrogen-bond acceptors (Lipinski definition) is 2. The molecule has 1 fully saturated rings. The number of fused-ring (bicyclic) bond motifs is 1. The van der Waals surface area contributed by atoms with E-state index in [4.69, 9.17) is 0 Å². The van der Waals surface area contributed by atoms with Crippen LogP contribution in [0.4, 0.5) is 4.39 Å². The third kappa shape index (κ3) is 2.29. The Morgan fingerprint density at radius 1 is 1.11 bits per heavy atom. The molecule has 0 radical (unpaired) electrons. The van der Waals surface area contributed by atoms with E-state index >= 15 is 0 Å². The van der Waals surface area contributed by atoms with Gasteiger partial charge in [0, 0.05) is 18.7 Å². The first-order valence-electron chi connectivity index (χ1n) is 7.08. The molecule has 0 aromatic heterocycles. The van der Waals surface area contributed by atoms with Crippen molar-refractivity contribution in [3.8, 4) is 0 Å². The smallest absolute Gasteiger partial charge is 0.128 e. The first kappa shape index (κ1) is 12.1. The summed E-state index contributed by atoms with van der Waals surface area (Å²) in [6.45, 7) is 3.91. The van der Waals surface area contributed by atoms with E-state index < -0.39 is 0 Å². The zero-order valence-corrected chi connectivity index (χ0v) is 10.8. The van der Waals surface area contributed by atoms with Gasteiger partial charge in [-0.25, -0.2) is 4.39 Å². The minimum absolute atomic E-state index is 0.0248. The van der Waals surface area contributed by atoms with Crippen LogP contribution in [0.25, 0.3) is 0 Å². The third-order valence-corrected chi connectivity index (χ3v) is 4.21. The molecule has 2 nitrogen and oxygen atoms in total. The van der Waals surface area contributed by atoms with Gasteiger partial charge in [-0.15, -0.1) is 0 Å². The summed E-state index contributed by atoms with van der Waals surface area (Å²) in [5.41, 5.74) is 2.08. The van der Waals surface area contributed by atoms with Gasteiger partial charge in [0.15, 0.2) is 0 Å². The maximum atomic E-state index is 14.1. The standard InChI is InChI=1S/C15H21FN2/c16-13-7-5-6-12-10-17-11-14(15(12)13)18-8-3-1-2-4-9-18/h5-7,14,17H,1-4,8-11H2/t14-/m0/s1. The Balaban J connectivity index is 1.90. The molecular formula is C15H21FN2. The summed E-state index contributed by atoms with van der Waals surface area (Å²) >= 11 is 0. The Morgan fingerprint density at radius 2 is 1.89 bits per heavy atom. The Kier molecular flexibility index (Phi) is 3.62. The molecule has 0 spiro atoms. The number of hydrogen-bond donors (Lipinski definition) is 1. The second kappa shape index (κ2) is 5.37. The molecule has 0 unspecified atom stereocenters. The topological polar surface area (TPSA) is 15.3 Å². The molecule has 1 atom stereocenters. The van der Waals surface area contributed by atoms with Crippen molar-refractivity contribution in [3.63, 3.8) is 0 Å². The van der Waals surface area contributed by atoms with Crippen LogP contribution in [0, 0.1) is 5.82 Å². The van der Waals surface area contributed by atoms with Gasteiger partial charge in [0.1, 0.15) is 5.82 Å². The van der Waals surface area contributed by atoms with Crippen molar-refractivity contribution < 1.29 is 4.39 Å². The van der Waals surface area contributed by atoms with Crippen molar-refractivity contribution in [2.24, 2.45) is 0 Å². The van der Waals surface area contributed by atoms with Gasteiger partial charge in [0.2, 0.25) is 0 Å². The van der Waals surface area contributed by atoms with Gasteiger partial charge in [-0.1, -0.05) is 25.0 Å². The molecule has 2 aliphatic heterocycles. The van der Waals surface area contributed by atoms with Gasteiger partial charge in [-0.2, -0.15) is 0 Å². The average molecular weight is 248 g/mol. The molecule has 0 saturated carbocycles. The van der Waals surface area contributed by atoms with Gasteiger partial charge in [0.05, 0.1) is 6.04 Å². The average Bonchev–Trinajstić information content (AvgIpc) is 2.67. The molecule has 1 aromatic rings. The molecule has 0 bridgehead atoms. The number of nitrogens with zero attached hydrogens (tertiary/aromatic N) is 1. The zero-order valence-electron chi connectivity index (χ0n) is 10.8. The van der Waals surface area contributed by atoms with Crippen LogP contribution < -0.4 is 5.32 Å². The van der Waals surface area contributed by atoms with E-state index in [1.807, 2.05) is 6.07 Å². The van der Waals surface area contributed by atoms with Crippen LogP contribution in [0.15, 0.2) is 18.2 Å². The summed E-state index contributed by atoms with van der Waals surface area (Å²) < 4.78 is 14.1. The van der Waals surface area contributed by atoms with Gasteiger partial charge in [-0.3, -0.25) is 4.90 Å². The second-order valence-electron chi connectivity index (χ2n) is 5.41. The fourth-order valence-electron chi connectivity index (χ4n) is 3.27. The van der Waals surface area contributed by atoms with Crippen LogP contribution in [-0.2, 0) is 6.54 Å². The largest absolute Gasteiger partial charge is 0.311 e. The number of likely N-dealkylation sites (tertiary alicyclic amines) is 1. The Bertz CT molecular complexity index is 411. The maximum absolute atomic E-state index is 14.1. The maximum Gasteiger partial charge on any atom is 0.128 e. The molecule has 0 aliphatic carbocycles. The monoisotopic (exact) mass is 248 g/mol. The van der Waals surface area contributed by atoms with Crippen molar-refractivity contribution in [2.45, 2.75) is 38.3 Å². The highest BCUT2D eigenvalue weighted by atomic mass is 19.1. The van der Waals surface area contributed by atoms with Crippen LogP contribution in [0.2, 0.25) is 0 Å². The zero-order chi connectivity index (χ0) is 12.4. The molecule has 98 valence electrons. The van der Waals surface area contributed by atoms with Crippen LogP contribution in [-0.4, -0.2) is 24.5 Å². The van der Waals surface area contributed by atoms with Crippen LogP contribution in [0.5, 0.6) is 0 Å². The number of benzene rings is 1. The molecular weight excluding hydrogens is 227 g/mol. The summed E-state index contributed by atoms with van der Waals surface area (Å²) in [4.78, 5) is 2.47. The van der Waals surface area contributed by atoms with Crippen molar-refractivity contribution >= 4 is 0 Å². The van der Waals surface area contributed by atoms with E-state index in [9.17, 15) is 4.39 Å². The SMILES string of the molecule is Fc1cccc2c1[C@@H](N1CCCCCC1)CNC2. The van der Waals surface area contributed by atoms with Crippen molar-refractivity contribution in [2.75, 3.05) is 19.6 Å². The molecule has 1 saturated heterocycles. The number of rotatable bonds is 1. The minimum Gasteiger partial charge on any atom is -0.311 e. The Hall–Kier alpha value is -0.930. The Morgan fingerprint density at radius 3 is 2.67 bits per heavy atom. The van der Waals surface area contributed by atoms with Crippen molar-refractivity contribution in [3.05, 3.63) is 35.1 Å². The fourth-order valence-corrected chi connectivity index (χ4v) is 3.27. The predicted molar refractivity (Wildman–Crippen MR) is 70.9 cm³/mol. The lowest BCUT2D eigenvalue weighted by atomic mass is 9.94. The molecule has 18 heavy (non-hydrogen) atoms. The normalized spacial score (nSPS) is 25.5. The third-order valence-electron chi connectivity index (χ3n) is 4.21. The van der Waals surface area contributed by atoms with Gasteiger partial charge in [0.25, 0.3) is 0 Å². The first-order chi connectivity index (χ1) is 8.86. The molecule has 3 heteroatoms. The van der Waals surface area contributed by atoms with E-state index in [0.29, 0.717) is 0 Å². The molecule has 2 heterocycles. The van der Waals surface area contributed by atoms with E-state index in [1.54, 1.807) is 6.07 Å². The summed E-state index contributed by atoms with van der Waals surface area (Å²) in [7, 11) is 0. The lowest BCUT2D eigenvalue weighted by Crippen LogP contribution is -2.40.